The lowest BCUT2D eigenvalue weighted by atomic mass is 10.2. The number of benzene rings is 1. The van der Waals surface area contributed by atoms with Crippen LogP contribution in [0.4, 0.5) is 0 Å². The van der Waals surface area contributed by atoms with Gasteiger partial charge in [-0.05, 0) is 17.7 Å². The molecule has 0 spiro atoms. The van der Waals surface area contributed by atoms with Gasteiger partial charge in [-0.1, -0.05) is 23.7 Å². The molecule has 1 aromatic carbocycles. The molecule has 0 amide bonds. The van der Waals surface area contributed by atoms with Crippen molar-refractivity contribution in [3.63, 3.8) is 0 Å². The van der Waals surface area contributed by atoms with Gasteiger partial charge >= 0.3 is 0 Å². The fraction of sp³-hybridized carbons (Fsp3) is 0.455. The third kappa shape index (κ3) is 3.42. The summed E-state index contributed by atoms with van der Waals surface area (Å²) >= 11 is 5.76. The van der Waals surface area contributed by atoms with Crippen molar-refractivity contribution in [2.75, 3.05) is 11.5 Å². The molecule has 2 atom stereocenters. The van der Waals surface area contributed by atoms with Gasteiger partial charge in [0.1, 0.15) is 0 Å². The van der Waals surface area contributed by atoms with Crippen LogP contribution in [0.2, 0.25) is 5.02 Å². The monoisotopic (exact) mass is 275 g/mol. The Morgan fingerprint density at radius 2 is 1.94 bits per heavy atom. The number of nitrogens with one attached hydrogen (secondary N) is 1. The average Bonchev–Trinajstić information content (AvgIpc) is 2.51. The zero-order chi connectivity index (χ0) is 12.5. The minimum atomic E-state index is -3.09. The third-order valence-corrected chi connectivity index (χ3v) is 4.77. The molecule has 1 aromatic rings. The van der Waals surface area contributed by atoms with E-state index in [0.29, 0.717) is 11.6 Å². The molecule has 0 aromatic heterocycles. The normalized spacial score (nSPS) is 27.2. The standard InChI is InChI=1S/C11H14ClNO3S/c12-9-3-1-8(2-4-9)5-13-10-6-17(15,16)7-11(10)14/h1-4,10-11,13-14H,5-7H2/t10-,11-/m0/s1. The van der Waals surface area contributed by atoms with Crippen LogP contribution in [0.25, 0.3) is 0 Å². The van der Waals surface area contributed by atoms with Crippen LogP contribution in [-0.4, -0.2) is 37.2 Å². The number of hydrogen-bond acceptors (Lipinski definition) is 4. The summed E-state index contributed by atoms with van der Waals surface area (Å²) in [6.45, 7) is 0.522. The summed E-state index contributed by atoms with van der Waals surface area (Å²) in [4.78, 5) is 0. The highest BCUT2D eigenvalue weighted by molar-refractivity contribution is 7.91. The van der Waals surface area contributed by atoms with Crippen LogP contribution in [0.3, 0.4) is 0 Å². The van der Waals surface area contributed by atoms with E-state index in [1.165, 1.54) is 0 Å². The molecule has 2 rings (SSSR count). The first-order chi connectivity index (χ1) is 7.96. The van der Waals surface area contributed by atoms with Crippen molar-refractivity contribution in [2.45, 2.75) is 18.7 Å². The van der Waals surface area contributed by atoms with Gasteiger partial charge in [-0.25, -0.2) is 8.42 Å². The molecule has 6 heteroatoms. The molecule has 1 aliphatic rings. The van der Waals surface area contributed by atoms with E-state index in [-0.39, 0.29) is 17.5 Å². The Hall–Kier alpha value is -0.620. The Balaban J connectivity index is 1.93. The second-order valence-electron chi connectivity index (χ2n) is 4.26. The van der Waals surface area contributed by atoms with E-state index in [2.05, 4.69) is 5.32 Å². The van der Waals surface area contributed by atoms with Crippen LogP contribution < -0.4 is 5.32 Å². The van der Waals surface area contributed by atoms with Crippen molar-refractivity contribution in [2.24, 2.45) is 0 Å². The molecule has 0 radical (unpaired) electrons. The molecule has 1 fully saturated rings. The van der Waals surface area contributed by atoms with Gasteiger partial charge in [0.15, 0.2) is 9.84 Å². The highest BCUT2D eigenvalue weighted by atomic mass is 35.5. The molecule has 94 valence electrons. The van der Waals surface area contributed by atoms with E-state index in [1.54, 1.807) is 12.1 Å². The molecule has 1 saturated heterocycles. The quantitative estimate of drug-likeness (QED) is 0.847. The van der Waals surface area contributed by atoms with Crippen molar-refractivity contribution in [3.8, 4) is 0 Å². The predicted molar refractivity (Wildman–Crippen MR) is 66.7 cm³/mol. The molecule has 2 N–H and O–H groups in total. The van der Waals surface area contributed by atoms with Gasteiger partial charge in [0.2, 0.25) is 0 Å². The van der Waals surface area contributed by atoms with Crippen LogP contribution in [0.5, 0.6) is 0 Å². The van der Waals surface area contributed by atoms with Crippen LogP contribution in [0, 0.1) is 0 Å². The molecule has 0 saturated carbocycles. The maximum absolute atomic E-state index is 11.3. The van der Waals surface area contributed by atoms with E-state index in [4.69, 9.17) is 11.6 Å². The Labute approximate surface area is 106 Å². The van der Waals surface area contributed by atoms with E-state index in [1.807, 2.05) is 12.1 Å². The summed E-state index contributed by atoms with van der Waals surface area (Å²) in [7, 11) is -3.09. The second-order valence-corrected chi connectivity index (χ2v) is 6.85. The molecule has 1 aliphatic heterocycles. The molecular formula is C11H14ClNO3S. The third-order valence-electron chi connectivity index (χ3n) is 2.80. The van der Waals surface area contributed by atoms with Crippen molar-refractivity contribution in [1.29, 1.82) is 0 Å². The summed E-state index contributed by atoms with van der Waals surface area (Å²) in [5.74, 6) is -0.146. The summed E-state index contributed by atoms with van der Waals surface area (Å²) in [6, 6.07) is 6.91. The molecule has 0 bridgehead atoms. The van der Waals surface area contributed by atoms with E-state index >= 15 is 0 Å². The van der Waals surface area contributed by atoms with Crippen LogP contribution in [0.1, 0.15) is 5.56 Å². The highest BCUT2D eigenvalue weighted by Gasteiger charge is 2.35. The van der Waals surface area contributed by atoms with E-state index < -0.39 is 15.9 Å². The summed E-state index contributed by atoms with van der Waals surface area (Å²) in [5.41, 5.74) is 1.01. The van der Waals surface area contributed by atoms with E-state index in [0.717, 1.165) is 5.56 Å². The van der Waals surface area contributed by atoms with Gasteiger partial charge in [-0.2, -0.15) is 0 Å². The maximum atomic E-state index is 11.3. The number of hydrogen-bond donors (Lipinski definition) is 2. The lowest BCUT2D eigenvalue weighted by Gasteiger charge is -2.14. The minimum Gasteiger partial charge on any atom is -0.390 e. The average molecular weight is 276 g/mol. The van der Waals surface area contributed by atoms with Gasteiger partial charge in [-0.3, -0.25) is 0 Å². The van der Waals surface area contributed by atoms with Crippen LogP contribution >= 0.6 is 11.6 Å². The fourth-order valence-corrected chi connectivity index (χ4v) is 3.78. The Bertz CT molecular complexity index is 486. The number of aliphatic hydroxyl groups excluding tert-OH is 1. The van der Waals surface area contributed by atoms with E-state index in [9.17, 15) is 13.5 Å². The number of aliphatic hydroxyl groups is 1. The van der Waals surface area contributed by atoms with Gasteiger partial charge in [0.05, 0.1) is 17.6 Å². The first kappa shape index (κ1) is 12.8. The lowest BCUT2D eigenvalue weighted by molar-refractivity contribution is 0.165. The van der Waals surface area contributed by atoms with Crippen molar-refractivity contribution < 1.29 is 13.5 Å². The smallest absolute Gasteiger partial charge is 0.154 e. The Morgan fingerprint density at radius 3 is 2.47 bits per heavy atom. The second kappa shape index (κ2) is 4.94. The van der Waals surface area contributed by atoms with Gasteiger partial charge in [-0.15, -0.1) is 0 Å². The Kier molecular flexibility index (Phi) is 3.73. The van der Waals surface area contributed by atoms with Gasteiger partial charge < -0.3 is 10.4 Å². The maximum Gasteiger partial charge on any atom is 0.154 e. The van der Waals surface area contributed by atoms with Crippen molar-refractivity contribution in [1.82, 2.24) is 5.32 Å². The first-order valence-corrected chi connectivity index (χ1v) is 7.52. The largest absolute Gasteiger partial charge is 0.390 e. The van der Waals surface area contributed by atoms with Crippen molar-refractivity contribution in [3.05, 3.63) is 34.9 Å². The summed E-state index contributed by atoms with van der Waals surface area (Å²) in [5, 5.41) is 13.3. The summed E-state index contributed by atoms with van der Waals surface area (Å²) in [6.07, 6.45) is -0.813. The zero-order valence-corrected chi connectivity index (χ0v) is 10.7. The van der Waals surface area contributed by atoms with Crippen LogP contribution in [0.15, 0.2) is 24.3 Å². The molecule has 1 heterocycles. The molecule has 0 unspecified atom stereocenters. The fourth-order valence-electron chi connectivity index (χ4n) is 1.88. The number of rotatable bonds is 3. The molecular weight excluding hydrogens is 262 g/mol. The van der Waals surface area contributed by atoms with Crippen molar-refractivity contribution >= 4 is 21.4 Å². The molecule has 17 heavy (non-hydrogen) atoms. The van der Waals surface area contributed by atoms with Gasteiger partial charge in [0, 0.05) is 17.6 Å². The molecule has 4 nitrogen and oxygen atoms in total. The Morgan fingerprint density at radius 1 is 1.29 bits per heavy atom. The van der Waals surface area contributed by atoms with Gasteiger partial charge in [0.25, 0.3) is 0 Å². The lowest BCUT2D eigenvalue weighted by Crippen LogP contribution is -2.38. The summed E-state index contributed by atoms with van der Waals surface area (Å²) < 4.78 is 22.6. The predicted octanol–water partition coefficient (Wildman–Crippen LogP) is 0.587. The molecule has 0 aliphatic carbocycles. The SMILES string of the molecule is O=S1(=O)C[C@H](NCc2ccc(Cl)cc2)[C@@H](O)C1. The van der Waals surface area contributed by atoms with Crippen LogP contribution in [-0.2, 0) is 16.4 Å². The highest BCUT2D eigenvalue weighted by Crippen LogP contribution is 2.14. The minimum absolute atomic E-state index is 0.00174. The topological polar surface area (TPSA) is 66.4 Å². The number of halogens is 1. The zero-order valence-electron chi connectivity index (χ0n) is 9.14. The number of sulfone groups is 1. The first-order valence-electron chi connectivity index (χ1n) is 5.32.